The lowest BCUT2D eigenvalue weighted by Crippen LogP contribution is -2.52. The summed E-state index contributed by atoms with van der Waals surface area (Å²) < 4.78 is 27.4. The molecule has 2 bridgehead atoms. The highest BCUT2D eigenvalue weighted by Gasteiger charge is 2.64. The minimum absolute atomic E-state index is 0.00178. The van der Waals surface area contributed by atoms with Gasteiger partial charge in [-0.25, -0.2) is 12.7 Å². The summed E-state index contributed by atoms with van der Waals surface area (Å²) in [6.45, 7) is 7.56. The SMILES string of the molecule is C[C@H]1[C@@H]2C[C@@H]([C@H](S(=O)(=O)N3CCCCC3)C2=O)C1(C)C. The molecule has 2 aliphatic carbocycles. The number of carbonyl (C=O) groups is 1. The Morgan fingerprint density at radius 2 is 1.75 bits per heavy atom. The maximum absolute atomic E-state index is 12.9. The quantitative estimate of drug-likeness (QED) is 0.784. The van der Waals surface area contributed by atoms with E-state index in [1.807, 2.05) is 0 Å². The molecular formula is C15H25NO3S. The zero-order chi connectivity index (χ0) is 14.7. The molecule has 1 aliphatic heterocycles. The first-order chi connectivity index (χ1) is 9.28. The molecule has 3 aliphatic rings. The summed E-state index contributed by atoms with van der Waals surface area (Å²) >= 11 is 0. The summed E-state index contributed by atoms with van der Waals surface area (Å²) in [5.41, 5.74) is -0.0495. The van der Waals surface area contributed by atoms with E-state index in [-0.39, 0.29) is 23.0 Å². The highest BCUT2D eigenvalue weighted by molar-refractivity contribution is 7.90. The Hall–Kier alpha value is -0.420. The Balaban J connectivity index is 1.93. The van der Waals surface area contributed by atoms with Crippen LogP contribution in [0.1, 0.15) is 46.5 Å². The van der Waals surface area contributed by atoms with Crippen molar-refractivity contribution in [2.24, 2.45) is 23.2 Å². The van der Waals surface area contributed by atoms with Crippen molar-refractivity contribution in [3.05, 3.63) is 0 Å². The van der Waals surface area contributed by atoms with Crippen LogP contribution in [0, 0.1) is 23.2 Å². The molecular weight excluding hydrogens is 274 g/mol. The molecule has 4 atom stereocenters. The van der Waals surface area contributed by atoms with E-state index in [1.165, 1.54) is 0 Å². The van der Waals surface area contributed by atoms with Crippen molar-refractivity contribution in [1.29, 1.82) is 0 Å². The van der Waals surface area contributed by atoms with Gasteiger partial charge in [-0.15, -0.1) is 0 Å². The molecule has 0 N–H and O–H groups in total. The van der Waals surface area contributed by atoms with Crippen molar-refractivity contribution in [3.8, 4) is 0 Å². The molecule has 2 saturated carbocycles. The Bertz CT molecular complexity index is 519. The molecule has 0 aromatic carbocycles. The van der Waals surface area contributed by atoms with Crippen LogP contribution in [0.2, 0.25) is 0 Å². The molecule has 0 radical (unpaired) electrons. The molecule has 0 aromatic rings. The molecule has 4 nitrogen and oxygen atoms in total. The maximum Gasteiger partial charge on any atom is 0.224 e. The van der Waals surface area contributed by atoms with Crippen LogP contribution in [0.3, 0.4) is 0 Å². The van der Waals surface area contributed by atoms with Gasteiger partial charge in [0.15, 0.2) is 5.78 Å². The van der Waals surface area contributed by atoms with Crippen molar-refractivity contribution in [2.45, 2.75) is 51.7 Å². The smallest absolute Gasteiger partial charge is 0.224 e. The van der Waals surface area contributed by atoms with E-state index in [2.05, 4.69) is 20.8 Å². The Morgan fingerprint density at radius 1 is 1.15 bits per heavy atom. The number of Topliss-reactive ketones (excluding diaryl/α,β-unsaturated/α-hetero) is 1. The van der Waals surface area contributed by atoms with Gasteiger partial charge in [-0.05, 0) is 36.5 Å². The van der Waals surface area contributed by atoms with Crippen LogP contribution in [-0.4, -0.2) is 36.8 Å². The Labute approximate surface area is 122 Å². The van der Waals surface area contributed by atoms with Crippen LogP contribution in [0.4, 0.5) is 0 Å². The van der Waals surface area contributed by atoms with E-state index in [0.29, 0.717) is 19.0 Å². The second kappa shape index (κ2) is 4.54. The molecule has 114 valence electrons. The Kier molecular flexibility index (Phi) is 3.29. The van der Waals surface area contributed by atoms with Crippen LogP contribution in [0.25, 0.3) is 0 Å². The third-order valence-corrected chi connectivity index (χ3v) is 8.54. The van der Waals surface area contributed by atoms with E-state index in [4.69, 9.17) is 0 Å². The van der Waals surface area contributed by atoms with E-state index < -0.39 is 15.3 Å². The maximum atomic E-state index is 12.9. The third kappa shape index (κ3) is 1.82. The van der Waals surface area contributed by atoms with Gasteiger partial charge >= 0.3 is 0 Å². The fourth-order valence-electron chi connectivity index (χ4n) is 4.56. The lowest BCUT2D eigenvalue weighted by molar-refractivity contribution is -0.125. The molecule has 20 heavy (non-hydrogen) atoms. The normalized spacial score (nSPS) is 41.2. The van der Waals surface area contributed by atoms with E-state index in [0.717, 1.165) is 25.7 Å². The van der Waals surface area contributed by atoms with Gasteiger partial charge in [0.25, 0.3) is 0 Å². The lowest BCUT2D eigenvalue weighted by atomic mass is 9.69. The highest BCUT2D eigenvalue weighted by Crippen LogP contribution is 2.59. The number of fused-ring (bicyclic) bond motifs is 2. The van der Waals surface area contributed by atoms with Gasteiger partial charge in [0.05, 0.1) is 0 Å². The minimum Gasteiger partial charge on any atom is -0.298 e. The molecule has 0 unspecified atom stereocenters. The van der Waals surface area contributed by atoms with Gasteiger partial charge in [0.1, 0.15) is 5.25 Å². The van der Waals surface area contributed by atoms with Gasteiger partial charge in [-0.1, -0.05) is 27.2 Å². The third-order valence-electron chi connectivity index (χ3n) is 6.25. The molecule has 1 heterocycles. The standard InChI is InChI=1S/C15H25NO3S/c1-10-11-9-12(15(10,2)3)14(13(11)17)20(18,19)16-7-5-4-6-8-16/h10-12,14H,4-9H2,1-3H3/t10-,11-,12-,14-/m0/s1. The highest BCUT2D eigenvalue weighted by atomic mass is 32.2. The molecule has 0 aromatic heterocycles. The van der Waals surface area contributed by atoms with E-state index in [9.17, 15) is 13.2 Å². The fourth-order valence-corrected chi connectivity index (χ4v) is 6.99. The van der Waals surface area contributed by atoms with Crippen LogP contribution >= 0.6 is 0 Å². The first-order valence-electron chi connectivity index (χ1n) is 7.80. The average Bonchev–Trinajstić information content (AvgIpc) is 2.86. The second-order valence-corrected chi connectivity index (χ2v) is 9.44. The number of nitrogens with zero attached hydrogens (tertiary/aromatic N) is 1. The van der Waals surface area contributed by atoms with Crippen LogP contribution in [0.15, 0.2) is 0 Å². The zero-order valence-corrected chi connectivity index (χ0v) is 13.4. The molecule has 5 heteroatoms. The first-order valence-corrected chi connectivity index (χ1v) is 9.31. The van der Waals surface area contributed by atoms with Gasteiger partial charge in [-0.3, -0.25) is 4.79 Å². The number of rotatable bonds is 2. The van der Waals surface area contributed by atoms with Gasteiger partial charge in [0.2, 0.25) is 10.0 Å². The largest absolute Gasteiger partial charge is 0.298 e. The molecule has 3 rings (SSSR count). The second-order valence-electron chi connectivity index (χ2n) is 7.39. The van der Waals surface area contributed by atoms with Gasteiger partial charge < -0.3 is 0 Å². The number of ketones is 1. The Morgan fingerprint density at radius 3 is 2.30 bits per heavy atom. The van der Waals surface area contributed by atoms with Crippen LogP contribution < -0.4 is 0 Å². The van der Waals surface area contributed by atoms with Crippen molar-refractivity contribution >= 4 is 15.8 Å². The summed E-state index contributed by atoms with van der Waals surface area (Å²) in [6.07, 6.45) is 3.71. The molecule has 0 spiro atoms. The zero-order valence-electron chi connectivity index (χ0n) is 12.6. The number of carbonyl (C=O) groups excluding carboxylic acids is 1. The summed E-state index contributed by atoms with van der Waals surface area (Å²) in [7, 11) is -3.45. The average molecular weight is 299 g/mol. The van der Waals surface area contributed by atoms with Crippen molar-refractivity contribution in [2.75, 3.05) is 13.1 Å². The minimum atomic E-state index is -3.45. The van der Waals surface area contributed by atoms with Gasteiger partial charge in [0, 0.05) is 19.0 Å². The number of hydrogen-bond donors (Lipinski definition) is 0. The van der Waals surface area contributed by atoms with Gasteiger partial charge in [-0.2, -0.15) is 0 Å². The van der Waals surface area contributed by atoms with Crippen molar-refractivity contribution in [1.82, 2.24) is 4.31 Å². The van der Waals surface area contributed by atoms with E-state index in [1.54, 1.807) is 4.31 Å². The monoisotopic (exact) mass is 299 g/mol. The summed E-state index contributed by atoms with van der Waals surface area (Å²) in [5, 5.41) is -0.767. The van der Waals surface area contributed by atoms with Crippen LogP contribution in [-0.2, 0) is 14.8 Å². The number of piperidine rings is 1. The summed E-state index contributed by atoms with van der Waals surface area (Å²) in [5.74, 6) is 0.252. The predicted octanol–water partition coefficient (Wildman–Crippen LogP) is 2.05. The molecule has 0 amide bonds. The van der Waals surface area contributed by atoms with Crippen molar-refractivity contribution in [3.63, 3.8) is 0 Å². The molecule has 1 saturated heterocycles. The van der Waals surface area contributed by atoms with E-state index >= 15 is 0 Å². The number of sulfonamides is 1. The van der Waals surface area contributed by atoms with Crippen molar-refractivity contribution < 1.29 is 13.2 Å². The summed E-state index contributed by atoms with van der Waals surface area (Å²) in [6, 6.07) is 0. The predicted molar refractivity (Wildman–Crippen MR) is 77.7 cm³/mol. The first kappa shape index (κ1) is 14.5. The topological polar surface area (TPSA) is 54.5 Å². The molecule has 3 fully saturated rings. The fraction of sp³-hybridized carbons (Fsp3) is 0.933. The summed E-state index contributed by atoms with van der Waals surface area (Å²) in [4.78, 5) is 12.5. The number of hydrogen-bond acceptors (Lipinski definition) is 3. The lowest BCUT2D eigenvalue weighted by Gasteiger charge is -2.41. The van der Waals surface area contributed by atoms with Crippen LogP contribution in [0.5, 0.6) is 0 Å².